The van der Waals surface area contributed by atoms with Gasteiger partial charge in [-0.25, -0.2) is 0 Å². The van der Waals surface area contributed by atoms with E-state index < -0.39 is 17.7 Å². The smallest absolute Gasteiger partial charge is 0.301 e. The van der Waals surface area contributed by atoms with Crippen molar-refractivity contribution in [3.8, 4) is 17.2 Å². The summed E-state index contributed by atoms with van der Waals surface area (Å²) < 4.78 is 17.8. The number of ether oxygens (including phenoxy) is 3. The summed E-state index contributed by atoms with van der Waals surface area (Å²) in [5, 5.41) is 21.4. The van der Waals surface area contributed by atoms with Crippen molar-refractivity contribution in [2.75, 3.05) is 18.6 Å². The summed E-state index contributed by atoms with van der Waals surface area (Å²) in [5.41, 5.74) is 2.56. The fourth-order valence-corrected chi connectivity index (χ4v) is 7.65. The molecule has 1 aliphatic heterocycles. The average molecular weight is 735 g/mol. The van der Waals surface area contributed by atoms with E-state index in [0.717, 1.165) is 22.5 Å². The molecule has 4 aromatic carbocycles. The van der Waals surface area contributed by atoms with Gasteiger partial charge in [-0.3, -0.25) is 14.5 Å². The normalized spacial score (nSPS) is 15.4. The molecule has 250 valence electrons. The van der Waals surface area contributed by atoms with E-state index in [4.69, 9.17) is 37.4 Å². The van der Waals surface area contributed by atoms with Crippen LogP contribution in [0.15, 0.2) is 101 Å². The Morgan fingerprint density at radius 2 is 1.71 bits per heavy atom. The monoisotopic (exact) mass is 733 g/mol. The fraction of sp³-hybridized carbons (Fsp3) is 0.167. The van der Waals surface area contributed by atoms with Crippen LogP contribution < -0.4 is 19.1 Å². The summed E-state index contributed by atoms with van der Waals surface area (Å²) in [6, 6.07) is 25.7. The highest BCUT2D eigenvalue weighted by atomic mass is 35.5. The maximum absolute atomic E-state index is 13.8. The number of carbonyl (C=O) groups excluding carboxylic acids is 2. The van der Waals surface area contributed by atoms with Crippen molar-refractivity contribution in [1.29, 1.82) is 0 Å². The number of hydrogen-bond acceptors (Lipinski definition) is 10. The SMILES string of the molecule is CCOc1ccc(/C(O)=C2/C(=O)C(=O)N(c3nnc(SCc4ccc(Cl)cc4Cl)s3)C2c2ccc(OCc3ccccc3)c(OC)c2)cc1. The van der Waals surface area contributed by atoms with Crippen molar-refractivity contribution in [3.63, 3.8) is 0 Å². The maximum atomic E-state index is 13.8. The number of hydrogen-bond donors (Lipinski definition) is 1. The molecule has 1 N–H and O–H groups in total. The number of aliphatic hydroxyl groups is 1. The Morgan fingerprint density at radius 3 is 2.43 bits per heavy atom. The first kappa shape index (κ1) is 34.3. The van der Waals surface area contributed by atoms with E-state index >= 15 is 0 Å². The minimum atomic E-state index is -1.06. The molecule has 1 aromatic heterocycles. The molecule has 0 aliphatic carbocycles. The van der Waals surface area contributed by atoms with Gasteiger partial charge in [0.25, 0.3) is 5.78 Å². The molecule has 0 radical (unpaired) electrons. The lowest BCUT2D eigenvalue weighted by atomic mass is 9.95. The maximum Gasteiger partial charge on any atom is 0.301 e. The van der Waals surface area contributed by atoms with Crippen molar-refractivity contribution in [2.24, 2.45) is 0 Å². The van der Waals surface area contributed by atoms with Crippen molar-refractivity contribution in [3.05, 3.63) is 129 Å². The topological polar surface area (TPSA) is 111 Å². The lowest BCUT2D eigenvalue weighted by Gasteiger charge is -2.23. The van der Waals surface area contributed by atoms with Crippen molar-refractivity contribution in [1.82, 2.24) is 10.2 Å². The van der Waals surface area contributed by atoms with Gasteiger partial charge in [-0.2, -0.15) is 0 Å². The van der Waals surface area contributed by atoms with Crippen molar-refractivity contribution in [2.45, 2.75) is 29.7 Å². The van der Waals surface area contributed by atoms with Gasteiger partial charge in [0.15, 0.2) is 15.8 Å². The van der Waals surface area contributed by atoms with E-state index in [1.807, 2.05) is 43.3 Å². The lowest BCUT2D eigenvalue weighted by molar-refractivity contribution is -0.132. The van der Waals surface area contributed by atoms with Crippen LogP contribution in [0.5, 0.6) is 17.2 Å². The third-order valence-electron chi connectivity index (χ3n) is 7.59. The van der Waals surface area contributed by atoms with E-state index in [-0.39, 0.29) is 16.5 Å². The number of Topliss-reactive ketones (excluding diaryl/α,β-unsaturated/α-hetero) is 1. The number of carbonyl (C=O) groups is 2. The number of halogens is 2. The molecule has 5 aromatic rings. The summed E-state index contributed by atoms with van der Waals surface area (Å²) >= 11 is 14.9. The van der Waals surface area contributed by atoms with Gasteiger partial charge >= 0.3 is 5.91 Å². The molecule has 9 nitrogen and oxygen atoms in total. The van der Waals surface area contributed by atoms with Crippen LogP contribution in [0.3, 0.4) is 0 Å². The molecule has 49 heavy (non-hydrogen) atoms. The molecule has 1 unspecified atom stereocenters. The number of rotatable bonds is 12. The lowest BCUT2D eigenvalue weighted by Crippen LogP contribution is -2.29. The van der Waals surface area contributed by atoms with Crippen LogP contribution in [0.1, 0.15) is 35.2 Å². The Bertz CT molecular complexity index is 2020. The standard InChI is InChI=1S/C36H29Cl2N3O6S2/c1-3-46-26-14-10-22(11-15-26)32(42)30-31(23-12-16-28(29(17-23)45-2)47-19-21-7-5-4-6-8-21)41(34(44)33(30)43)35-39-40-36(49-35)48-20-24-9-13-25(37)18-27(24)38/h4-18,31,42H,3,19-20H2,1-2H3/b32-30-. The molecule has 0 bridgehead atoms. The molecule has 0 spiro atoms. The van der Waals surface area contributed by atoms with Crippen LogP contribution >= 0.6 is 46.3 Å². The minimum absolute atomic E-state index is 0.105. The number of aliphatic hydroxyl groups excluding tert-OH is 1. The van der Waals surface area contributed by atoms with Gasteiger partial charge in [0.05, 0.1) is 25.3 Å². The second-order valence-electron chi connectivity index (χ2n) is 10.7. The molecule has 1 fully saturated rings. The number of nitrogens with zero attached hydrogens (tertiary/aromatic N) is 3. The molecule has 0 saturated carbocycles. The summed E-state index contributed by atoms with van der Waals surface area (Å²) in [6.07, 6.45) is 0. The Morgan fingerprint density at radius 1 is 0.939 bits per heavy atom. The summed E-state index contributed by atoms with van der Waals surface area (Å²) in [7, 11) is 1.51. The summed E-state index contributed by atoms with van der Waals surface area (Å²) in [6.45, 7) is 2.64. The number of methoxy groups -OCH3 is 1. The van der Waals surface area contributed by atoms with Gasteiger partial charge in [-0.05, 0) is 72.1 Å². The second-order valence-corrected chi connectivity index (χ2v) is 13.7. The van der Waals surface area contributed by atoms with Gasteiger partial charge in [0.1, 0.15) is 18.1 Å². The first-order valence-electron chi connectivity index (χ1n) is 15.1. The zero-order chi connectivity index (χ0) is 34.5. The average Bonchev–Trinajstić information content (AvgIpc) is 3.68. The first-order valence-corrected chi connectivity index (χ1v) is 17.6. The molecule has 1 aliphatic rings. The largest absolute Gasteiger partial charge is 0.507 e. The van der Waals surface area contributed by atoms with Crippen LogP contribution in [0.2, 0.25) is 10.0 Å². The van der Waals surface area contributed by atoms with Gasteiger partial charge in [-0.15, -0.1) is 10.2 Å². The highest BCUT2D eigenvalue weighted by Crippen LogP contribution is 2.46. The third kappa shape index (κ3) is 7.55. The van der Waals surface area contributed by atoms with Crippen LogP contribution in [-0.4, -0.2) is 40.7 Å². The molecule has 1 amide bonds. The van der Waals surface area contributed by atoms with Gasteiger partial charge in [0.2, 0.25) is 5.13 Å². The Kier molecular flexibility index (Phi) is 10.7. The molecule has 6 rings (SSSR count). The summed E-state index contributed by atoms with van der Waals surface area (Å²) in [4.78, 5) is 28.8. The third-order valence-corrected chi connectivity index (χ3v) is 10.3. The molecular weight excluding hydrogens is 705 g/mol. The van der Waals surface area contributed by atoms with Crippen LogP contribution in [0, 0.1) is 0 Å². The van der Waals surface area contributed by atoms with Crippen LogP contribution in [-0.2, 0) is 21.9 Å². The molecule has 1 saturated heterocycles. The fourth-order valence-electron chi connectivity index (χ4n) is 5.22. The van der Waals surface area contributed by atoms with E-state index in [1.165, 1.54) is 23.8 Å². The molecular formula is C36H29Cl2N3O6S2. The predicted octanol–water partition coefficient (Wildman–Crippen LogP) is 8.75. The van der Waals surface area contributed by atoms with Crippen LogP contribution in [0.25, 0.3) is 5.76 Å². The predicted molar refractivity (Wildman–Crippen MR) is 192 cm³/mol. The van der Waals surface area contributed by atoms with Gasteiger partial charge < -0.3 is 19.3 Å². The van der Waals surface area contributed by atoms with E-state index in [2.05, 4.69) is 10.2 Å². The highest BCUT2D eigenvalue weighted by molar-refractivity contribution is 8.00. The quantitative estimate of drug-likeness (QED) is 0.0442. The molecule has 1 atom stereocenters. The first-order chi connectivity index (χ1) is 23.8. The van der Waals surface area contributed by atoms with Gasteiger partial charge in [-0.1, -0.05) is 88.8 Å². The number of ketones is 1. The zero-order valence-corrected chi connectivity index (χ0v) is 29.4. The number of amides is 1. The molecule has 13 heteroatoms. The van der Waals surface area contributed by atoms with Crippen LogP contribution in [0.4, 0.5) is 5.13 Å². The minimum Gasteiger partial charge on any atom is -0.507 e. The van der Waals surface area contributed by atoms with Gasteiger partial charge in [0, 0.05) is 21.4 Å². The van der Waals surface area contributed by atoms with E-state index in [9.17, 15) is 14.7 Å². The number of anilines is 1. The Labute approximate surface area is 301 Å². The number of aromatic nitrogens is 2. The van der Waals surface area contributed by atoms with E-state index in [0.29, 0.717) is 61.7 Å². The number of benzene rings is 4. The van der Waals surface area contributed by atoms with Crippen molar-refractivity contribution < 1.29 is 28.9 Å². The highest BCUT2D eigenvalue weighted by Gasteiger charge is 2.48. The summed E-state index contributed by atoms with van der Waals surface area (Å²) in [5.74, 6) is -0.125. The Hall–Kier alpha value is -4.55. The number of thioether (sulfide) groups is 1. The van der Waals surface area contributed by atoms with E-state index in [1.54, 1.807) is 54.6 Å². The Balaban J connectivity index is 1.37. The van der Waals surface area contributed by atoms with Crippen molar-refractivity contribution >= 4 is 68.9 Å². The zero-order valence-electron chi connectivity index (χ0n) is 26.3. The molecule has 2 heterocycles. The second kappa shape index (κ2) is 15.3.